The van der Waals surface area contributed by atoms with Gasteiger partial charge >= 0.3 is 5.97 Å². The minimum absolute atomic E-state index is 0.186. The first-order valence-electron chi connectivity index (χ1n) is 4.24. The monoisotopic (exact) mass is 187 g/mol. The highest BCUT2D eigenvalue weighted by molar-refractivity contribution is 5.93. The Bertz CT molecular complexity index is 433. The van der Waals surface area contributed by atoms with Gasteiger partial charge in [0.15, 0.2) is 0 Å². The van der Waals surface area contributed by atoms with Gasteiger partial charge < -0.3 is 10.4 Å². The molecule has 0 saturated heterocycles. The Hall–Kier alpha value is -2.03. The topological polar surface area (TPSA) is 49.3 Å². The van der Waals surface area contributed by atoms with Gasteiger partial charge in [-0.2, -0.15) is 0 Å². The molecule has 0 aliphatic carbocycles. The van der Waals surface area contributed by atoms with Gasteiger partial charge in [-0.25, -0.2) is 4.79 Å². The van der Waals surface area contributed by atoms with Crippen LogP contribution in [0.4, 0.5) is 0 Å². The lowest BCUT2D eigenvalue weighted by Crippen LogP contribution is -2.13. The molecular weight excluding hydrogens is 178 g/mol. The van der Waals surface area contributed by atoms with E-state index in [9.17, 15) is 4.79 Å². The molecule has 0 spiro atoms. The van der Waals surface area contributed by atoms with Crippen LogP contribution in [0.25, 0.3) is 12.2 Å². The quantitative estimate of drug-likeness (QED) is 0.703. The van der Waals surface area contributed by atoms with Crippen LogP contribution in [-0.4, -0.2) is 11.1 Å². The van der Waals surface area contributed by atoms with Crippen LogP contribution in [0.3, 0.4) is 0 Å². The number of carboxylic acids is 1. The first-order valence-corrected chi connectivity index (χ1v) is 4.24. The molecule has 0 unspecified atom stereocenters. The number of fused-ring (bicyclic) bond motifs is 1. The zero-order chi connectivity index (χ0) is 9.97. The number of hydrogen-bond acceptors (Lipinski definition) is 2. The van der Waals surface area contributed by atoms with Crippen molar-refractivity contribution in [2.24, 2.45) is 0 Å². The zero-order valence-electron chi connectivity index (χ0n) is 7.40. The predicted molar refractivity (Wildman–Crippen MR) is 54.2 cm³/mol. The maximum Gasteiger partial charge on any atom is 0.352 e. The molecule has 0 amide bonds. The van der Waals surface area contributed by atoms with E-state index in [4.69, 9.17) is 5.11 Å². The van der Waals surface area contributed by atoms with Crippen molar-refractivity contribution in [3.05, 3.63) is 47.3 Å². The fourth-order valence-corrected chi connectivity index (χ4v) is 1.34. The van der Waals surface area contributed by atoms with E-state index in [2.05, 4.69) is 5.32 Å². The van der Waals surface area contributed by atoms with Gasteiger partial charge in [0, 0.05) is 6.20 Å². The molecule has 0 aromatic heterocycles. The van der Waals surface area contributed by atoms with E-state index in [-0.39, 0.29) is 5.70 Å². The van der Waals surface area contributed by atoms with Gasteiger partial charge in [0.1, 0.15) is 5.70 Å². The summed E-state index contributed by atoms with van der Waals surface area (Å²) in [6.45, 7) is 0. The van der Waals surface area contributed by atoms with Crippen molar-refractivity contribution in [3.63, 3.8) is 0 Å². The first kappa shape index (κ1) is 8.56. The number of nitrogens with one attached hydrogen (secondary N) is 1. The molecule has 2 N–H and O–H groups in total. The summed E-state index contributed by atoms with van der Waals surface area (Å²) in [4.78, 5) is 10.8. The second-order valence-corrected chi connectivity index (χ2v) is 2.97. The minimum Gasteiger partial charge on any atom is -0.477 e. The number of aliphatic carboxylic acids is 1. The van der Waals surface area contributed by atoms with Crippen LogP contribution < -0.4 is 5.32 Å². The smallest absolute Gasteiger partial charge is 0.352 e. The van der Waals surface area contributed by atoms with E-state index in [1.807, 2.05) is 30.3 Å². The number of carbonyl (C=O) groups is 1. The Morgan fingerprint density at radius 1 is 1.21 bits per heavy atom. The fraction of sp³-hybridized carbons (Fsp3) is 0. The van der Waals surface area contributed by atoms with Gasteiger partial charge in [-0.1, -0.05) is 24.3 Å². The average molecular weight is 187 g/mol. The summed E-state index contributed by atoms with van der Waals surface area (Å²) in [5.74, 6) is -0.952. The molecule has 1 aliphatic heterocycles. The van der Waals surface area contributed by atoms with Crippen molar-refractivity contribution < 1.29 is 9.90 Å². The van der Waals surface area contributed by atoms with Crippen LogP contribution in [0.15, 0.2) is 36.2 Å². The van der Waals surface area contributed by atoms with E-state index in [0.29, 0.717) is 0 Å². The Morgan fingerprint density at radius 2 is 1.93 bits per heavy atom. The molecule has 70 valence electrons. The summed E-state index contributed by atoms with van der Waals surface area (Å²) < 4.78 is 0. The molecule has 1 aliphatic rings. The van der Waals surface area contributed by atoms with Crippen LogP contribution >= 0.6 is 0 Å². The van der Waals surface area contributed by atoms with Crippen LogP contribution in [0, 0.1) is 0 Å². The second kappa shape index (κ2) is 3.38. The fourth-order valence-electron chi connectivity index (χ4n) is 1.34. The van der Waals surface area contributed by atoms with Crippen molar-refractivity contribution in [2.75, 3.05) is 0 Å². The van der Waals surface area contributed by atoms with E-state index >= 15 is 0 Å². The van der Waals surface area contributed by atoms with Crippen molar-refractivity contribution in [1.29, 1.82) is 0 Å². The summed E-state index contributed by atoms with van der Waals surface area (Å²) in [5, 5.41) is 11.5. The Balaban J connectivity index is 2.52. The van der Waals surface area contributed by atoms with Gasteiger partial charge in [0.05, 0.1) is 0 Å². The Labute approximate surface area is 81.4 Å². The summed E-state index contributed by atoms with van der Waals surface area (Å²) in [5.41, 5.74) is 2.11. The largest absolute Gasteiger partial charge is 0.477 e. The molecule has 3 nitrogen and oxygen atoms in total. The summed E-state index contributed by atoms with van der Waals surface area (Å²) in [6, 6.07) is 7.63. The van der Waals surface area contributed by atoms with Crippen molar-refractivity contribution in [1.82, 2.24) is 5.32 Å². The van der Waals surface area contributed by atoms with Gasteiger partial charge in [0.2, 0.25) is 0 Å². The number of carboxylic acid groups (broad SMARTS) is 1. The number of hydrogen-bond donors (Lipinski definition) is 2. The molecule has 2 rings (SSSR count). The van der Waals surface area contributed by atoms with Gasteiger partial charge in [-0.05, 0) is 23.3 Å². The lowest BCUT2D eigenvalue weighted by molar-refractivity contribution is -0.132. The van der Waals surface area contributed by atoms with Gasteiger partial charge in [-0.3, -0.25) is 0 Å². The minimum atomic E-state index is -0.952. The summed E-state index contributed by atoms with van der Waals surface area (Å²) in [7, 11) is 0. The average Bonchev–Trinajstić information content (AvgIpc) is 2.39. The summed E-state index contributed by atoms with van der Waals surface area (Å²) in [6.07, 6.45) is 5.10. The highest BCUT2D eigenvalue weighted by Gasteiger charge is 2.08. The Kier molecular flexibility index (Phi) is 2.07. The lowest BCUT2D eigenvalue weighted by atomic mass is 10.1. The molecule has 1 aromatic rings. The highest BCUT2D eigenvalue weighted by atomic mass is 16.4. The number of rotatable bonds is 1. The molecule has 1 heterocycles. The molecule has 0 fully saturated rings. The predicted octanol–water partition coefficient (Wildman–Crippen LogP) is 1.69. The molecule has 0 saturated carbocycles. The van der Waals surface area contributed by atoms with Crippen LogP contribution in [0.5, 0.6) is 0 Å². The first-order chi connectivity index (χ1) is 6.77. The van der Waals surface area contributed by atoms with E-state index < -0.39 is 5.97 Å². The van der Waals surface area contributed by atoms with Crippen molar-refractivity contribution in [2.45, 2.75) is 0 Å². The lowest BCUT2D eigenvalue weighted by Gasteiger charge is -1.99. The zero-order valence-corrected chi connectivity index (χ0v) is 7.40. The van der Waals surface area contributed by atoms with E-state index in [0.717, 1.165) is 11.1 Å². The van der Waals surface area contributed by atoms with Crippen LogP contribution in [0.2, 0.25) is 0 Å². The van der Waals surface area contributed by atoms with Crippen LogP contribution in [0.1, 0.15) is 11.1 Å². The van der Waals surface area contributed by atoms with Gasteiger partial charge in [-0.15, -0.1) is 0 Å². The molecule has 14 heavy (non-hydrogen) atoms. The third-order valence-corrected chi connectivity index (χ3v) is 2.03. The number of benzene rings is 1. The molecule has 1 aromatic carbocycles. The maximum atomic E-state index is 10.8. The van der Waals surface area contributed by atoms with Crippen molar-refractivity contribution >= 4 is 18.1 Å². The third-order valence-electron chi connectivity index (χ3n) is 2.03. The van der Waals surface area contributed by atoms with E-state index in [1.165, 1.54) is 0 Å². The Morgan fingerprint density at radius 3 is 2.64 bits per heavy atom. The van der Waals surface area contributed by atoms with Crippen LogP contribution in [-0.2, 0) is 4.79 Å². The second-order valence-electron chi connectivity index (χ2n) is 2.97. The molecule has 3 heteroatoms. The molecular formula is C11H9NO2. The summed E-state index contributed by atoms with van der Waals surface area (Å²) >= 11 is 0. The standard InChI is InChI=1S/C11H9NO2/c13-11(14)10-7-9-4-2-1-3-8(9)5-6-12-10/h1-7,12H,(H,13,14). The molecule has 0 radical (unpaired) electrons. The normalized spacial score (nSPS) is 13.6. The van der Waals surface area contributed by atoms with Crippen molar-refractivity contribution in [3.8, 4) is 0 Å². The molecule has 0 bridgehead atoms. The molecule has 0 atom stereocenters. The third kappa shape index (κ3) is 1.52. The highest BCUT2D eigenvalue weighted by Crippen LogP contribution is 2.16. The van der Waals surface area contributed by atoms with Gasteiger partial charge in [0.25, 0.3) is 0 Å². The SMILES string of the molecule is O=C(O)C1=Cc2ccccc2C=CN1. The maximum absolute atomic E-state index is 10.8. The van der Waals surface area contributed by atoms with E-state index in [1.54, 1.807) is 12.3 Å².